The van der Waals surface area contributed by atoms with E-state index in [1.54, 1.807) is 37.8 Å². The van der Waals surface area contributed by atoms with Crippen molar-refractivity contribution < 1.29 is 19.1 Å². The molecule has 9 nitrogen and oxygen atoms in total. The van der Waals surface area contributed by atoms with Gasteiger partial charge in [0.15, 0.2) is 5.11 Å². The van der Waals surface area contributed by atoms with Crippen molar-refractivity contribution in [3.63, 3.8) is 0 Å². The number of halogens is 1. The van der Waals surface area contributed by atoms with Gasteiger partial charge >= 0.3 is 11.9 Å². The van der Waals surface area contributed by atoms with Crippen LogP contribution in [0.25, 0.3) is 0 Å². The zero-order valence-electron chi connectivity index (χ0n) is 18.2. The van der Waals surface area contributed by atoms with Crippen molar-refractivity contribution in [3.05, 3.63) is 57.2 Å². The van der Waals surface area contributed by atoms with Gasteiger partial charge in [-0.1, -0.05) is 29.8 Å². The van der Waals surface area contributed by atoms with Crippen molar-refractivity contribution in [1.29, 1.82) is 0 Å². The zero-order valence-corrected chi connectivity index (χ0v) is 20.6. The number of hydrogen-bond acceptors (Lipinski definition) is 8. The molecule has 0 aliphatic heterocycles. The SMILES string of the molecule is CCOC(=O)c1sc(NC(=S)Nc2ncn(Cc3ccccc3Cl)n2)c(C(=O)OCC)c1C. The van der Waals surface area contributed by atoms with Gasteiger partial charge in [-0.2, -0.15) is 0 Å². The second-order valence-electron chi connectivity index (χ2n) is 6.64. The summed E-state index contributed by atoms with van der Waals surface area (Å²) in [5.41, 5.74) is 1.59. The summed E-state index contributed by atoms with van der Waals surface area (Å²) in [4.78, 5) is 29.3. The van der Waals surface area contributed by atoms with Crippen LogP contribution >= 0.6 is 35.2 Å². The molecule has 0 fully saturated rings. The van der Waals surface area contributed by atoms with Crippen molar-refractivity contribution in [1.82, 2.24) is 14.8 Å². The molecule has 33 heavy (non-hydrogen) atoms. The van der Waals surface area contributed by atoms with Gasteiger partial charge in [0.2, 0.25) is 5.95 Å². The van der Waals surface area contributed by atoms with Crippen LogP contribution < -0.4 is 10.6 Å². The van der Waals surface area contributed by atoms with Crippen LogP contribution in [0.5, 0.6) is 0 Å². The second kappa shape index (κ2) is 11.2. The predicted octanol–water partition coefficient (Wildman–Crippen LogP) is 4.51. The number of thiophene rings is 1. The molecule has 0 unspecified atom stereocenters. The summed E-state index contributed by atoms with van der Waals surface area (Å²) in [6.45, 7) is 5.93. The molecular formula is C21H22ClN5O4S2. The molecule has 0 atom stereocenters. The third kappa shape index (κ3) is 6.06. The third-order valence-electron chi connectivity index (χ3n) is 4.37. The summed E-state index contributed by atoms with van der Waals surface area (Å²) in [6.07, 6.45) is 1.55. The molecule has 0 spiro atoms. The number of esters is 2. The number of carbonyl (C=O) groups excluding carboxylic acids is 2. The monoisotopic (exact) mass is 507 g/mol. The highest BCUT2D eigenvalue weighted by atomic mass is 35.5. The summed E-state index contributed by atoms with van der Waals surface area (Å²) in [7, 11) is 0. The molecule has 0 radical (unpaired) electrons. The van der Waals surface area contributed by atoms with Crippen molar-refractivity contribution in [2.24, 2.45) is 0 Å². The normalized spacial score (nSPS) is 10.5. The van der Waals surface area contributed by atoms with E-state index in [2.05, 4.69) is 20.7 Å². The highest BCUT2D eigenvalue weighted by Crippen LogP contribution is 2.34. The standard InChI is InChI=1S/C21H22ClN5O4S2/c1-4-30-18(28)15-12(3)16(19(29)31-5-2)33-17(15)24-21(32)25-20-23-11-27(26-20)10-13-8-6-7-9-14(13)22/h6-9,11H,4-5,10H2,1-3H3,(H2,24,25,26,32). The Morgan fingerprint density at radius 1 is 1.15 bits per heavy atom. The van der Waals surface area contributed by atoms with Gasteiger partial charge in [-0.25, -0.2) is 19.3 Å². The minimum atomic E-state index is -0.561. The van der Waals surface area contributed by atoms with Gasteiger partial charge in [0.25, 0.3) is 0 Å². The second-order valence-corrected chi connectivity index (χ2v) is 8.47. The van der Waals surface area contributed by atoms with Gasteiger partial charge in [0.05, 0.1) is 25.3 Å². The first-order valence-corrected chi connectivity index (χ1v) is 11.6. The first-order valence-electron chi connectivity index (χ1n) is 10.0. The van der Waals surface area contributed by atoms with Crippen LogP contribution in [0.2, 0.25) is 5.02 Å². The van der Waals surface area contributed by atoms with E-state index < -0.39 is 11.9 Å². The smallest absolute Gasteiger partial charge is 0.348 e. The molecule has 1 aromatic carbocycles. The zero-order chi connectivity index (χ0) is 24.0. The van der Waals surface area contributed by atoms with Crippen molar-refractivity contribution in [3.8, 4) is 0 Å². The van der Waals surface area contributed by atoms with Crippen LogP contribution in [0, 0.1) is 6.92 Å². The molecule has 12 heteroatoms. The predicted molar refractivity (Wildman–Crippen MR) is 131 cm³/mol. The number of rotatable bonds is 8. The van der Waals surface area contributed by atoms with Crippen molar-refractivity contribution in [2.75, 3.05) is 23.8 Å². The van der Waals surface area contributed by atoms with E-state index in [4.69, 9.17) is 33.3 Å². The average Bonchev–Trinajstić information content (AvgIpc) is 3.33. The van der Waals surface area contributed by atoms with Gasteiger partial charge in [0.1, 0.15) is 16.2 Å². The molecule has 0 aliphatic rings. The lowest BCUT2D eigenvalue weighted by Gasteiger charge is -2.09. The van der Waals surface area contributed by atoms with E-state index in [0.717, 1.165) is 16.9 Å². The van der Waals surface area contributed by atoms with Gasteiger partial charge in [-0.05, 0) is 50.2 Å². The topological polar surface area (TPSA) is 107 Å². The fraction of sp³-hybridized carbons (Fsp3) is 0.286. The molecular weight excluding hydrogens is 486 g/mol. The lowest BCUT2D eigenvalue weighted by atomic mass is 10.1. The Morgan fingerprint density at radius 2 is 1.85 bits per heavy atom. The fourth-order valence-corrected chi connectivity index (χ4v) is 4.45. The largest absolute Gasteiger partial charge is 0.462 e. The van der Waals surface area contributed by atoms with Crippen LogP contribution in [-0.2, 0) is 16.0 Å². The molecule has 3 rings (SSSR count). The summed E-state index contributed by atoms with van der Waals surface area (Å²) >= 11 is 12.6. The lowest BCUT2D eigenvalue weighted by Crippen LogP contribution is -2.21. The van der Waals surface area contributed by atoms with Crippen LogP contribution in [0.1, 0.15) is 45.0 Å². The molecule has 0 bridgehead atoms. The number of thiocarbonyl (C=S) groups is 1. The molecule has 0 saturated carbocycles. The van der Waals surface area contributed by atoms with E-state index in [1.165, 1.54) is 0 Å². The van der Waals surface area contributed by atoms with Gasteiger partial charge in [-0.15, -0.1) is 16.4 Å². The number of nitrogens with zero attached hydrogens (tertiary/aromatic N) is 3. The number of ether oxygens (including phenoxy) is 2. The minimum absolute atomic E-state index is 0.146. The minimum Gasteiger partial charge on any atom is -0.462 e. The van der Waals surface area contributed by atoms with Crippen molar-refractivity contribution in [2.45, 2.75) is 27.3 Å². The summed E-state index contributed by atoms with van der Waals surface area (Å²) in [6, 6.07) is 7.46. The van der Waals surface area contributed by atoms with Gasteiger partial charge < -0.3 is 14.8 Å². The maximum atomic E-state index is 12.5. The first kappa shape index (κ1) is 24.6. The molecule has 2 aromatic heterocycles. The Bertz CT molecular complexity index is 1180. The van der Waals surface area contributed by atoms with Crippen LogP contribution in [0.4, 0.5) is 10.9 Å². The van der Waals surface area contributed by atoms with E-state index in [1.807, 2.05) is 18.2 Å². The van der Waals surface area contributed by atoms with E-state index in [-0.39, 0.29) is 29.8 Å². The molecule has 0 aliphatic carbocycles. The van der Waals surface area contributed by atoms with E-state index in [9.17, 15) is 9.59 Å². The Hall–Kier alpha value is -3.02. The summed E-state index contributed by atoms with van der Waals surface area (Å²) in [5.74, 6) is -0.817. The molecule has 0 saturated heterocycles. The Morgan fingerprint density at radius 3 is 2.55 bits per heavy atom. The number of hydrogen-bond donors (Lipinski definition) is 2. The number of carbonyl (C=O) groups is 2. The fourth-order valence-electron chi connectivity index (χ4n) is 2.91. The Kier molecular flexibility index (Phi) is 8.37. The van der Waals surface area contributed by atoms with Crippen LogP contribution in [0.3, 0.4) is 0 Å². The first-order chi connectivity index (χ1) is 15.8. The maximum Gasteiger partial charge on any atom is 0.348 e. The van der Waals surface area contributed by atoms with Crippen LogP contribution in [0.15, 0.2) is 30.6 Å². The number of aromatic nitrogens is 3. The number of benzene rings is 1. The molecule has 174 valence electrons. The van der Waals surface area contributed by atoms with Crippen LogP contribution in [-0.4, -0.2) is 45.0 Å². The maximum absolute atomic E-state index is 12.5. The molecule has 3 aromatic rings. The summed E-state index contributed by atoms with van der Waals surface area (Å²) in [5, 5.41) is 11.3. The highest BCUT2D eigenvalue weighted by molar-refractivity contribution is 7.80. The van der Waals surface area contributed by atoms with Gasteiger partial charge in [-0.3, -0.25) is 5.32 Å². The molecule has 2 heterocycles. The highest BCUT2D eigenvalue weighted by Gasteiger charge is 2.27. The Balaban J connectivity index is 1.75. The number of nitrogens with one attached hydrogen (secondary N) is 2. The Labute approximate surface area is 205 Å². The van der Waals surface area contributed by atoms with Crippen molar-refractivity contribution >= 4 is 63.2 Å². The molecule has 2 N–H and O–H groups in total. The molecule has 0 amide bonds. The van der Waals surface area contributed by atoms with Gasteiger partial charge in [0, 0.05) is 5.02 Å². The number of anilines is 2. The lowest BCUT2D eigenvalue weighted by molar-refractivity contribution is 0.0527. The summed E-state index contributed by atoms with van der Waals surface area (Å²) < 4.78 is 11.8. The third-order valence-corrected chi connectivity index (χ3v) is 6.13. The van der Waals surface area contributed by atoms with E-state index in [0.29, 0.717) is 27.0 Å². The quantitative estimate of drug-likeness (QED) is 0.336. The van der Waals surface area contributed by atoms with E-state index >= 15 is 0 Å². The average molecular weight is 508 g/mol.